The fourth-order valence-electron chi connectivity index (χ4n) is 3.43. The summed E-state index contributed by atoms with van der Waals surface area (Å²) < 4.78 is 18.8. The van der Waals surface area contributed by atoms with Crippen LogP contribution in [0.15, 0.2) is 72.8 Å². The molecule has 0 spiro atoms. The van der Waals surface area contributed by atoms with Gasteiger partial charge in [0, 0.05) is 0 Å². The van der Waals surface area contributed by atoms with E-state index in [0.717, 1.165) is 33.1 Å². The van der Waals surface area contributed by atoms with Crippen molar-refractivity contribution in [1.82, 2.24) is 0 Å². The van der Waals surface area contributed by atoms with Crippen molar-refractivity contribution in [1.29, 1.82) is 0 Å². The highest BCUT2D eigenvalue weighted by Gasteiger charge is 2.44. The third-order valence-electron chi connectivity index (χ3n) is 5.07. The minimum atomic E-state index is -0.492. The summed E-state index contributed by atoms with van der Waals surface area (Å²) in [4.78, 5) is 0. The van der Waals surface area contributed by atoms with Gasteiger partial charge in [0.15, 0.2) is 0 Å². The van der Waals surface area contributed by atoms with Gasteiger partial charge >= 0.3 is 21.4 Å². The lowest BCUT2D eigenvalue weighted by Gasteiger charge is -2.33. The minimum absolute atomic E-state index is 0.492. The van der Waals surface area contributed by atoms with Gasteiger partial charge in [-0.25, -0.2) is 0 Å². The normalized spacial score (nSPS) is 14.6. The Balaban J connectivity index is 1.74. The fourth-order valence-corrected chi connectivity index (χ4v) is 3.43. The largest absolute Gasteiger partial charge is 0.467 e. The fraction of sp³-hybridized carbons (Fsp3) is 0.143. The zero-order valence-corrected chi connectivity index (χ0v) is 15.9. The Labute approximate surface area is 162 Å². The number of hydrogen-bond acceptors (Lipinski definition) is 3. The summed E-state index contributed by atoms with van der Waals surface area (Å²) in [7, 11) is -1.47. The molecule has 0 saturated carbocycles. The second kappa shape index (κ2) is 7.77. The molecule has 27 heavy (non-hydrogen) atoms. The Morgan fingerprint density at radius 1 is 0.444 bits per heavy atom. The molecule has 1 aliphatic heterocycles. The monoisotopic (exact) mass is 354 g/mol. The third-order valence-corrected chi connectivity index (χ3v) is 5.07. The Morgan fingerprint density at radius 2 is 0.704 bits per heavy atom. The smallest absolute Gasteiger partial charge is 0.445 e. The number of benzene rings is 3. The van der Waals surface area contributed by atoms with E-state index in [9.17, 15) is 0 Å². The summed E-state index contributed by atoms with van der Waals surface area (Å²) in [5.41, 5.74) is 6.48. The summed E-state index contributed by atoms with van der Waals surface area (Å²) in [6, 6.07) is 24.5. The van der Waals surface area contributed by atoms with Gasteiger partial charge in [-0.1, -0.05) is 89.5 Å². The van der Waals surface area contributed by atoms with Crippen LogP contribution in [0, 0.1) is 20.8 Å². The number of rotatable bonds is 3. The van der Waals surface area contributed by atoms with Crippen molar-refractivity contribution in [2.24, 2.45) is 0 Å². The van der Waals surface area contributed by atoms with Crippen LogP contribution in [0.4, 0.5) is 0 Å². The van der Waals surface area contributed by atoms with Crippen molar-refractivity contribution in [2.45, 2.75) is 20.8 Å². The van der Waals surface area contributed by atoms with Crippen molar-refractivity contribution >= 4 is 37.7 Å². The van der Waals surface area contributed by atoms with Gasteiger partial charge in [0.25, 0.3) is 0 Å². The predicted octanol–water partition coefficient (Wildman–Crippen LogP) is 2.16. The van der Waals surface area contributed by atoms with Crippen LogP contribution < -0.4 is 16.4 Å². The highest BCUT2D eigenvalue weighted by molar-refractivity contribution is 6.87. The molecule has 0 N–H and O–H groups in total. The maximum Gasteiger partial charge on any atom is 0.467 e. The van der Waals surface area contributed by atoms with Crippen molar-refractivity contribution in [3.63, 3.8) is 0 Å². The molecule has 4 rings (SSSR count). The molecule has 0 amide bonds. The van der Waals surface area contributed by atoms with Crippen molar-refractivity contribution in [3.05, 3.63) is 89.5 Å². The first kappa shape index (κ1) is 18.1. The lowest BCUT2D eigenvalue weighted by atomic mass is 9.60. The molecule has 1 saturated heterocycles. The van der Waals surface area contributed by atoms with E-state index in [1.54, 1.807) is 0 Å². The van der Waals surface area contributed by atoms with Crippen LogP contribution in [0.1, 0.15) is 16.7 Å². The maximum absolute atomic E-state index is 6.27. The van der Waals surface area contributed by atoms with Crippen molar-refractivity contribution in [2.75, 3.05) is 0 Å². The van der Waals surface area contributed by atoms with E-state index >= 15 is 0 Å². The molecular weight excluding hydrogens is 333 g/mol. The molecular formula is C21H21B3O3. The highest BCUT2D eigenvalue weighted by Crippen LogP contribution is 2.13. The first-order chi connectivity index (χ1) is 13.1. The van der Waals surface area contributed by atoms with Crippen molar-refractivity contribution in [3.8, 4) is 0 Å². The lowest BCUT2D eigenvalue weighted by Crippen LogP contribution is -2.62. The Bertz CT molecular complexity index is 819. The molecule has 3 nitrogen and oxygen atoms in total. The van der Waals surface area contributed by atoms with E-state index in [1.807, 2.05) is 36.4 Å². The molecule has 3 aromatic carbocycles. The molecule has 0 bridgehead atoms. The molecule has 0 unspecified atom stereocenters. The summed E-state index contributed by atoms with van der Waals surface area (Å²) in [6.07, 6.45) is 0. The molecule has 0 aromatic heterocycles. The van der Waals surface area contributed by atoms with Gasteiger partial charge in [0.05, 0.1) is 0 Å². The second-order valence-electron chi connectivity index (χ2n) is 6.97. The molecule has 1 aliphatic rings. The lowest BCUT2D eigenvalue weighted by molar-refractivity contribution is 0.308. The molecule has 1 heterocycles. The highest BCUT2D eigenvalue weighted by atomic mass is 16.7. The zero-order chi connectivity index (χ0) is 18.8. The summed E-state index contributed by atoms with van der Waals surface area (Å²) in [5, 5.41) is 0. The molecule has 6 heteroatoms. The van der Waals surface area contributed by atoms with Gasteiger partial charge in [0.1, 0.15) is 0 Å². The number of aryl methyl sites for hydroxylation is 3. The van der Waals surface area contributed by atoms with E-state index in [2.05, 4.69) is 57.2 Å². The third kappa shape index (κ3) is 3.74. The van der Waals surface area contributed by atoms with Crippen molar-refractivity contribution < 1.29 is 13.7 Å². The zero-order valence-electron chi connectivity index (χ0n) is 15.9. The first-order valence-electron chi connectivity index (χ1n) is 9.26. The SMILES string of the molecule is Cc1ccccc1B1OB(c2ccccc2C)OB(c2ccccc2C)O1. The van der Waals surface area contributed by atoms with Crippen LogP contribution in [0.3, 0.4) is 0 Å². The van der Waals surface area contributed by atoms with Crippen LogP contribution in [0.5, 0.6) is 0 Å². The van der Waals surface area contributed by atoms with Crippen LogP contribution in [0.2, 0.25) is 0 Å². The first-order valence-corrected chi connectivity index (χ1v) is 9.26. The Morgan fingerprint density at radius 3 is 0.963 bits per heavy atom. The van der Waals surface area contributed by atoms with Crippen LogP contribution in [-0.4, -0.2) is 21.4 Å². The van der Waals surface area contributed by atoms with E-state index in [-0.39, 0.29) is 0 Å². The number of hydrogen-bond donors (Lipinski definition) is 0. The molecule has 132 valence electrons. The van der Waals surface area contributed by atoms with Crippen LogP contribution in [0.25, 0.3) is 0 Å². The summed E-state index contributed by atoms with van der Waals surface area (Å²) in [6.45, 7) is 6.22. The van der Waals surface area contributed by atoms with Gasteiger partial charge in [-0.2, -0.15) is 0 Å². The van der Waals surface area contributed by atoms with Crippen LogP contribution in [-0.2, 0) is 13.7 Å². The van der Waals surface area contributed by atoms with Gasteiger partial charge in [-0.15, -0.1) is 0 Å². The average Bonchev–Trinajstić information content (AvgIpc) is 2.69. The van der Waals surface area contributed by atoms with Gasteiger partial charge in [0.2, 0.25) is 0 Å². The molecule has 0 aliphatic carbocycles. The standard InChI is InChI=1S/C21H21B3O3/c1-16-10-4-7-13-19(16)22-25-23(20-14-8-5-11-17(20)2)27-24(26-22)21-15-9-6-12-18(21)3/h4-15H,1-3H3. The molecule has 3 aromatic rings. The topological polar surface area (TPSA) is 27.7 Å². The molecule has 0 radical (unpaired) electrons. The molecule has 0 atom stereocenters. The van der Waals surface area contributed by atoms with E-state index < -0.39 is 21.4 Å². The second-order valence-corrected chi connectivity index (χ2v) is 6.97. The summed E-state index contributed by atoms with van der Waals surface area (Å²) >= 11 is 0. The summed E-state index contributed by atoms with van der Waals surface area (Å²) in [5.74, 6) is 0. The Kier molecular flexibility index (Phi) is 5.21. The predicted molar refractivity (Wildman–Crippen MR) is 113 cm³/mol. The van der Waals surface area contributed by atoms with E-state index in [0.29, 0.717) is 0 Å². The van der Waals surface area contributed by atoms with E-state index in [1.165, 1.54) is 0 Å². The van der Waals surface area contributed by atoms with Gasteiger partial charge in [-0.05, 0) is 37.2 Å². The quantitative estimate of drug-likeness (QED) is 0.675. The Hall–Kier alpha value is -2.27. The van der Waals surface area contributed by atoms with Gasteiger partial charge in [-0.3, -0.25) is 0 Å². The minimum Gasteiger partial charge on any atom is -0.445 e. The average molecular weight is 354 g/mol. The molecule has 1 fully saturated rings. The van der Waals surface area contributed by atoms with Gasteiger partial charge < -0.3 is 13.7 Å². The van der Waals surface area contributed by atoms with Crippen LogP contribution >= 0.6 is 0 Å². The van der Waals surface area contributed by atoms with E-state index in [4.69, 9.17) is 13.7 Å². The maximum atomic E-state index is 6.27.